The van der Waals surface area contributed by atoms with Gasteiger partial charge in [-0.3, -0.25) is 9.69 Å². The van der Waals surface area contributed by atoms with Crippen LogP contribution in [0.4, 0.5) is 15.9 Å². The lowest BCUT2D eigenvalue weighted by Gasteiger charge is -2.35. The van der Waals surface area contributed by atoms with E-state index in [2.05, 4.69) is 25.7 Å². The highest BCUT2D eigenvalue weighted by Gasteiger charge is 2.23. The lowest BCUT2D eigenvalue weighted by Crippen LogP contribution is -2.41. The van der Waals surface area contributed by atoms with Gasteiger partial charge in [0.05, 0.1) is 19.3 Å². The van der Waals surface area contributed by atoms with Crippen LogP contribution in [-0.2, 0) is 4.74 Å². The van der Waals surface area contributed by atoms with Crippen molar-refractivity contribution in [2.75, 3.05) is 43.5 Å². The molecule has 1 aliphatic heterocycles. The Morgan fingerprint density at radius 1 is 1.00 bits per heavy atom. The molecule has 4 rings (SSSR count). The summed E-state index contributed by atoms with van der Waals surface area (Å²) in [4.78, 5) is 14.6. The number of aromatic nitrogens is 2. The standard InChI is InChI=1S/C23H24FN5O2/c24-18-8-6-17(7-9-18)21(29-12-14-31-15-13-29)16-25-22-11-10-20(27-28-22)23(30)26-19-4-2-1-3-5-19/h1-11,21H,12-16H2,(H,25,28)(H,26,30). The Labute approximate surface area is 180 Å². The van der Waals surface area contributed by atoms with Crippen molar-refractivity contribution in [3.05, 3.63) is 83.8 Å². The number of hydrogen-bond donors (Lipinski definition) is 2. The number of morpholine rings is 1. The van der Waals surface area contributed by atoms with Gasteiger partial charge in [-0.2, -0.15) is 0 Å². The maximum absolute atomic E-state index is 13.4. The topological polar surface area (TPSA) is 79.4 Å². The molecule has 2 N–H and O–H groups in total. The normalized spacial score (nSPS) is 15.3. The predicted molar refractivity (Wildman–Crippen MR) is 116 cm³/mol. The van der Waals surface area contributed by atoms with Crippen LogP contribution in [0.1, 0.15) is 22.1 Å². The number of nitrogens with zero attached hydrogens (tertiary/aromatic N) is 3. The van der Waals surface area contributed by atoms with Gasteiger partial charge in [0, 0.05) is 25.3 Å². The molecule has 1 fully saturated rings. The van der Waals surface area contributed by atoms with E-state index in [-0.39, 0.29) is 23.5 Å². The fourth-order valence-corrected chi connectivity index (χ4v) is 3.50. The third-order valence-corrected chi connectivity index (χ3v) is 5.15. The van der Waals surface area contributed by atoms with Gasteiger partial charge in [-0.25, -0.2) is 4.39 Å². The molecule has 1 atom stereocenters. The molecule has 0 radical (unpaired) electrons. The Hall–Kier alpha value is -3.36. The molecule has 1 aromatic heterocycles. The molecular formula is C23H24FN5O2. The zero-order valence-corrected chi connectivity index (χ0v) is 17.0. The zero-order valence-electron chi connectivity index (χ0n) is 17.0. The van der Waals surface area contributed by atoms with E-state index in [9.17, 15) is 9.18 Å². The minimum Gasteiger partial charge on any atom is -0.379 e. The number of hydrogen-bond acceptors (Lipinski definition) is 6. The summed E-state index contributed by atoms with van der Waals surface area (Å²) >= 11 is 0. The molecule has 3 aromatic rings. The number of benzene rings is 2. The Morgan fingerprint density at radius 3 is 2.42 bits per heavy atom. The van der Waals surface area contributed by atoms with Gasteiger partial charge in [-0.05, 0) is 42.0 Å². The van der Waals surface area contributed by atoms with E-state index < -0.39 is 0 Å². The van der Waals surface area contributed by atoms with Gasteiger partial charge >= 0.3 is 0 Å². The van der Waals surface area contributed by atoms with Crippen LogP contribution < -0.4 is 10.6 Å². The fourth-order valence-electron chi connectivity index (χ4n) is 3.50. The smallest absolute Gasteiger partial charge is 0.276 e. The van der Waals surface area contributed by atoms with E-state index in [0.717, 1.165) is 18.7 Å². The molecule has 7 nitrogen and oxygen atoms in total. The molecule has 31 heavy (non-hydrogen) atoms. The summed E-state index contributed by atoms with van der Waals surface area (Å²) in [7, 11) is 0. The summed E-state index contributed by atoms with van der Waals surface area (Å²) in [6, 6.07) is 19.2. The molecule has 0 aliphatic carbocycles. The Kier molecular flexibility index (Phi) is 6.81. The minimum atomic E-state index is -0.317. The van der Waals surface area contributed by atoms with Gasteiger partial charge in [0.1, 0.15) is 11.6 Å². The summed E-state index contributed by atoms with van der Waals surface area (Å²) in [5.41, 5.74) is 1.95. The van der Waals surface area contributed by atoms with E-state index in [1.807, 2.05) is 30.3 Å². The van der Waals surface area contributed by atoms with Crippen LogP contribution in [0.25, 0.3) is 0 Å². The minimum absolute atomic E-state index is 0.0346. The predicted octanol–water partition coefficient (Wildman–Crippen LogP) is 3.35. The second kappa shape index (κ2) is 10.1. The first-order valence-corrected chi connectivity index (χ1v) is 10.2. The Morgan fingerprint density at radius 2 is 1.74 bits per heavy atom. The van der Waals surface area contributed by atoms with Gasteiger partial charge in [0.15, 0.2) is 5.69 Å². The molecule has 0 bridgehead atoms. The SMILES string of the molecule is O=C(Nc1ccccc1)c1ccc(NCC(c2ccc(F)cc2)N2CCOCC2)nn1. The van der Waals surface area contributed by atoms with Crippen molar-refractivity contribution in [1.82, 2.24) is 15.1 Å². The van der Waals surface area contributed by atoms with Crippen molar-refractivity contribution in [2.24, 2.45) is 0 Å². The first-order valence-electron chi connectivity index (χ1n) is 10.2. The number of carbonyl (C=O) groups excluding carboxylic acids is 1. The summed E-state index contributed by atoms with van der Waals surface area (Å²) in [6.45, 7) is 3.50. The highest BCUT2D eigenvalue weighted by molar-refractivity contribution is 6.02. The number of halogens is 1. The lowest BCUT2D eigenvalue weighted by molar-refractivity contribution is 0.0187. The zero-order chi connectivity index (χ0) is 21.5. The number of rotatable bonds is 7. The summed E-state index contributed by atoms with van der Waals surface area (Å²) in [6.07, 6.45) is 0. The first kappa shape index (κ1) is 20.9. The maximum Gasteiger partial charge on any atom is 0.276 e. The van der Waals surface area contributed by atoms with E-state index >= 15 is 0 Å². The highest BCUT2D eigenvalue weighted by atomic mass is 19.1. The quantitative estimate of drug-likeness (QED) is 0.609. The van der Waals surface area contributed by atoms with E-state index in [0.29, 0.717) is 31.3 Å². The van der Waals surface area contributed by atoms with Gasteiger partial charge < -0.3 is 15.4 Å². The fraction of sp³-hybridized carbons (Fsp3) is 0.261. The highest BCUT2D eigenvalue weighted by Crippen LogP contribution is 2.23. The van der Waals surface area contributed by atoms with Gasteiger partial charge in [-0.15, -0.1) is 10.2 Å². The van der Waals surface area contributed by atoms with Gasteiger partial charge in [0.2, 0.25) is 0 Å². The van der Waals surface area contributed by atoms with Crippen LogP contribution in [0.5, 0.6) is 0 Å². The number of para-hydroxylation sites is 1. The Bertz CT molecular complexity index is 977. The van der Waals surface area contributed by atoms with Crippen LogP contribution in [0.3, 0.4) is 0 Å². The van der Waals surface area contributed by atoms with Crippen molar-refractivity contribution < 1.29 is 13.9 Å². The summed E-state index contributed by atoms with van der Waals surface area (Å²) < 4.78 is 18.8. The van der Waals surface area contributed by atoms with Crippen molar-refractivity contribution in [3.63, 3.8) is 0 Å². The van der Waals surface area contributed by atoms with E-state index in [1.54, 1.807) is 24.3 Å². The third kappa shape index (κ3) is 5.62. The number of anilines is 2. The van der Waals surface area contributed by atoms with Crippen LogP contribution in [0.15, 0.2) is 66.7 Å². The molecule has 0 spiro atoms. The summed E-state index contributed by atoms with van der Waals surface area (Å²) in [5.74, 6) is -0.00735. The monoisotopic (exact) mass is 421 g/mol. The number of nitrogens with one attached hydrogen (secondary N) is 2. The van der Waals surface area contributed by atoms with Gasteiger partial charge in [-0.1, -0.05) is 30.3 Å². The molecule has 0 saturated carbocycles. The lowest BCUT2D eigenvalue weighted by atomic mass is 10.0. The second-order valence-electron chi connectivity index (χ2n) is 7.22. The summed E-state index contributed by atoms with van der Waals surface area (Å²) in [5, 5.41) is 14.3. The van der Waals surface area contributed by atoms with Crippen LogP contribution in [0.2, 0.25) is 0 Å². The van der Waals surface area contributed by atoms with Crippen LogP contribution >= 0.6 is 0 Å². The first-order chi connectivity index (χ1) is 15.2. The van der Waals surface area contributed by atoms with E-state index in [4.69, 9.17) is 4.74 Å². The van der Waals surface area contributed by atoms with Crippen LogP contribution in [0, 0.1) is 5.82 Å². The molecule has 1 aliphatic rings. The number of carbonyl (C=O) groups is 1. The van der Waals surface area contributed by atoms with Crippen molar-refractivity contribution in [1.29, 1.82) is 0 Å². The Balaban J connectivity index is 1.40. The maximum atomic E-state index is 13.4. The van der Waals surface area contributed by atoms with Crippen molar-refractivity contribution in [2.45, 2.75) is 6.04 Å². The number of ether oxygens (including phenoxy) is 1. The molecule has 160 valence electrons. The van der Waals surface area contributed by atoms with Crippen molar-refractivity contribution >= 4 is 17.4 Å². The van der Waals surface area contributed by atoms with Crippen molar-refractivity contribution in [3.8, 4) is 0 Å². The molecule has 2 heterocycles. The largest absolute Gasteiger partial charge is 0.379 e. The number of amides is 1. The molecule has 1 amide bonds. The average Bonchev–Trinajstić information content (AvgIpc) is 2.82. The van der Waals surface area contributed by atoms with Crippen LogP contribution in [-0.4, -0.2) is 53.9 Å². The average molecular weight is 421 g/mol. The molecule has 8 heteroatoms. The molecule has 1 unspecified atom stereocenters. The van der Waals surface area contributed by atoms with E-state index in [1.165, 1.54) is 12.1 Å². The molecule has 2 aromatic carbocycles. The second-order valence-corrected chi connectivity index (χ2v) is 7.22. The third-order valence-electron chi connectivity index (χ3n) is 5.15. The molecule has 1 saturated heterocycles. The van der Waals surface area contributed by atoms with Gasteiger partial charge in [0.25, 0.3) is 5.91 Å². The molecular weight excluding hydrogens is 397 g/mol.